The largest absolute Gasteiger partial charge is 0.330 e. The van der Waals surface area contributed by atoms with E-state index in [0.29, 0.717) is 6.54 Å². The molecular formula is C13H15N3. The van der Waals surface area contributed by atoms with Gasteiger partial charge in [0.1, 0.15) is 0 Å². The van der Waals surface area contributed by atoms with Crippen molar-refractivity contribution in [2.75, 3.05) is 6.54 Å². The van der Waals surface area contributed by atoms with Gasteiger partial charge in [-0.05, 0) is 25.1 Å². The van der Waals surface area contributed by atoms with Crippen molar-refractivity contribution in [2.24, 2.45) is 5.73 Å². The summed E-state index contributed by atoms with van der Waals surface area (Å²) in [6.07, 6.45) is 8.85. The molecule has 16 heavy (non-hydrogen) atoms. The molecule has 0 saturated heterocycles. The SMILES string of the molecule is NCCC=Cc1cnn(-c2ccccc2)c1. The van der Waals surface area contributed by atoms with Gasteiger partial charge in [0, 0.05) is 11.8 Å². The Balaban J connectivity index is 2.14. The van der Waals surface area contributed by atoms with E-state index in [2.05, 4.69) is 11.2 Å². The Kier molecular flexibility index (Phi) is 3.51. The summed E-state index contributed by atoms with van der Waals surface area (Å²) in [5, 5.41) is 4.30. The molecule has 82 valence electrons. The van der Waals surface area contributed by atoms with Crippen molar-refractivity contribution in [3.63, 3.8) is 0 Å². The molecule has 0 spiro atoms. The van der Waals surface area contributed by atoms with Crippen LogP contribution >= 0.6 is 0 Å². The summed E-state index contributed by atoms with van der Waals surface area (Å²) < 4.78 is 1.86. The van der Waals surface area contributed by atoms with E-state index in [1.807, 2.05) is 53.5 Å². The Labute approximate surface area is 95.2 Å². The molecule has 2 rings (SSSR count). The normalized spacial score (nSPS) is 11.1. The standard InChI is InChI=1S/C13H15N3/c14-9-5-4-6-12-10-15-16(11-12)13-7-2-1-3-8-13/h1-4,6-8,10-11H,5,9,14H2. The summed E-state index contributed by atoms with van der Waals surface area (Å²) in [6.45, 7) is 0.684. The Bertz CT molecular complexity index is 457. The van der Waals surface area contributed by atoms with Crippen molar-refractivity contribution in [1.29, 1.82) is 0 Å². The molecule has 2 N–H and O–H groups in total. The minimum absolute atomic E-state index is 0.684. The first kappa shape index (κ1) is 10.6. The predicted octanol–water partition coefficient (Wildman–Crippen LogP) is 2.23. The zero-order chi connectivity index (χ0) is 11.2. The van der Waals surface area contributed by atoms with Gasteiger partial charge in [0.15, 0.2) is 0 Å². The van der Waals surface area contributed by atoms with Crippen LogP contribution in [-0.2, 0) is 0 Å². The summed E-state index contributed by atoms with van der Waals surface area (Å²) >= 11 is 0. The summed E-state index contributed by atoms with van der Waals surface area (Å²) in [5.41, 5.74) is 7.58. The van der Waals surface area contributed by atoms with Crippen LogP contribution < -0.4 is 5.73 Å². The lowest BCUT2D eigenvalue weighted by molar-refractivity contribution is 0.880. The van der Waals surface area contributed by atoms with Crippen LogP contribution in [-0.4, -0.2) is 16.3 Å². The molecular weight excluding hydrogens is 198 g/mol. The summed E-state index contributed by atoms with van der Waals surface area (Å²) in [4.78, 5) is 0. The monoisotopic (exact) mass is 213 g/mol. The summed E-state index contributed by atoms with van der Waals surface area (Å²) in [6, 6.07) is 10.1. The molecule has 3 heteroatoms. The molecule has 0 bridgehead atoms. The van der Waals surface area contributed by atoms with Crippen molar-refractivity contribution in [3.05, 3.63) is 54.4 Å². The molecule has 0 aliphatic rings. The molecule has 1 aromatic heterocycles. The molecule has 0 atom stereocenters. The van der Waals surface area contributed by atoms with Crippen LogP contribution in [0.4, 0.5) is 0 Å². The van der Waals surface area contributed by atoms with Crippen LogP contribution in [0.1, 0.15) is 12.0 Å². The summed E-state index contributed by atoms with van der Waals surface area (Å²) in [7, 11) is 0. The van der Waals surface area contributed by atoms with E-state index in [-0.39, 0.29) is 0 Å². The molecule has 0 aliphatic carbocycles. The van der Waals surface area contributed by atoms with Crippen LogP contribution in [0.5, 0.6) is 0 Å². The maximum atomic E-state index is 5.42. The topological polar surface area (TPSA) is 43.8 Å². The van der Waals surface area contributed by atoms with E-state index >= 15 is 0 Å². The molecule has 3 nitrogen and oxygen atoms in total. The average molecular weight is 213 g/mol. The number of aromatic nitrogens is 2. The molecule has 0 radical (unpaired) electrons. The molecule has 1 aromatic carbocycles. The van der Waals surface area contributed by atoms with Gasteiger partial charge in [-0.25, -0.2) is 4.68 Å². The number of hydrogen-bond acceptors (Lipinski definition) is 2. The Morgan fingerprint density at radius 3 is 2.81 bits per heavy atom. The van der Waals surface area contributed by atoms with Gasteiger partial charge >= 0.3 is 0 Å². The van der Waals surface area contributed by atoms with Gasteiger partial charge in [-0.15, -0.1) is 0 Å². The molecule has 0 fully saturated rings. The van der Waals surface area contributed by atoms with Crippen LogP contribution in [0.15, 0.2) is 48.8 Å². The van der Waals surface area contributed by atoms with Crippen LogP contribution in [0.25, 0.3) is 11.8 Å². The van der Waals surface area contributed by atoms with Crippen molar-refractivity contribution < 1.29 is 0 Å². The van der Waals surface area contributed by atoms with Crippen LogP contribution in [0, 0.1) is 0 Å². The Hall–Kier alpha value is -1.87. The average Bonchev–Trinajstić information content (AvgIpc) is 2.79. The van der Waals surface area contributed by atoms with Crippen LogP contribution in [0.3, 0.4) is 0 Å². The number of rotatable bonds is 4. The smallest absolute Gasteiger partial charge is 0.0645 e. The van der Waals surface area contributed by atoms with Crippen molar-refractivity contribution in [2.45, 2.75) is 6.42 Å². The van der Waals surface area contributed by atoms with Crippen LogP contribution in [0.2, 0.25) is 0 Å². The molecule has 2 aromatic rings. The van der Waals surface area contributed by atoms with Crippen molar-refractivity contribution in [3.8, 4) is 5.69 Å². The quantitative estimate of drug-likeness (QED) is 0.846. The number of para-hydroxylation sites is 1. The molecule has 0 amide bonds. The second kappa shape index (κ2) is 5.28. The highest BCUT2D eigenvalue weighted by Crippen LogP contribution is 2.08. The lowest BCUT2D eigenvalue weighted by Gasteiger charge is -1.98. The summed E-state index contributed by atoms with van der Waals surface area (Å²) in [5.74, 6) is 0. The maximum Gasteiger partial charge on any atom is 0.0645 e. The van der Waals surface area contributed by atoms with Crippen molar-refractivity contribution in [1.82, 2.24) is 9.78 Å². The van der Waals surface area contributed by atoms with Gasteiger partial charge in [0.25, 0.3) is 0 Å². The number of nitrogens with two attached hydrogens (primary N) is 1. The minimum atomic E-state index is 0.684. The van der Waals surface area contributed by atoms with E-state index in [9.17, 15) is 0 Å². The number of hydrogen-bond donors (Lipinski definition) is 1. The van der Waals surface area contributed by atoms with Gasteiger partial charge in [0.05, 0.1) is 11.9 Å². The predicted molar refractivity (Wildman–Crippen MR) is 66.3 cm³/mol. The first-order valence-corrected chi connectivity index (χ1v) is 5.37. The zero-order valence-corrected chi connectivity index (χ0v) is 9.08. The third-order valence-corrected chi connectivity index (χ3v) is 2.27. The maximum absolute atomic E-state index is 5.42. The molecule has 0 saturated carbocycles. The van der Waals surface area contributed by atoms with E-state index in [1.165, 1.54) is 0 Å². The lowest BCUT2D eigenvalue weighted by atomic mass is 10.3. The Morgan fingerprint density at radius 1 is 1.25 bits per heavy atom. The van der Waals surface area contributed by atoms with Gasteiger partial charge in [-0.2, -0.15) is 5.10 Å². The van der Waals surface area contributed by atoms with Gasteiger partial charge in [-0.3, -0.25) is 0 Å². The van der Waals surface area contributed by atoms with Gasteiger partial charge < -0.3 is 5.73 Å². The molecule has 0 aliphatic heterocycles. The van der Waals surface area contributed by atoms with Gasteiger partial charge in [0.2, 0.25) is 0 Å². The third kappa shape index (κ3) is 2.58. The van der Waals surface area contributed by atoms with Gasteiger partial charge in [-0.1, -0.05) is 30.4 Å². The highest BCUT2D eigenvalue weighted by molar-refractivity contribution is 5.47. The first-order valence-electron chi connectivity index (χ1n) is 5.37. The highest BCUT2D eigenvalue weighted by Gasteiger charge is 1.96. The van der Waals surface area contributed by atoms with E-state index in [0.717, 1.165) is 17.7 Å². The lowest BCUT2D eigenvalue weighted by Crippen LogP contribution is -1.94. The second-order valence-electron chi connectivity index (χ2n) is 3.53. The third-order valence-electron chi connectivity index (χ3n) is 2.27. The first-order chi connectivity index (χ1) is 7.90. The van der Waals surface area contributed by atoms with E-state index < -0.39 is 0 Å². The number of nitrogens with zero attached hydrogens (tertiary/aromatic N) is 2. The molecule has 1 heterocycles. The van der Waals surface area contributed by atoms with Crippen molar-refractivity contribution >= 4 is 6.08 Å². The minimum Gasteiger partial charge on any atom is -0.330 e. The fourth-order valence-corrected chi connectivity index (χ4v) is 1.46. The fourth-order valence-electron chi connectivity index (χ4n) is 1.46. The second-order valence-corrected chi connectivity index (χ2v) is 3.53. The van der Waals surface area contributed by atoms with E-state index in [1.54, 1.807) is 0 Å². The highest BCUT2D eigenvalue weighted by atomic mass is 15.3. The Morgan fingerprint density at radius 2 is 2.06 bits per heavy atom. The van der Waals surface area contributed by atoms with E-state index in [4.69, 9.17) is 5.73 Å². The zero-order valence-electron chi connectivity index (χ0n) is 9.08. The fraction of sp³-hybridized carbons (Fsp3) is 0.154. The number of benzene rings is 1. The molecule has 0 unspecified atom stereocenters.